The Labute approximate surface area is 109 Å². The molecule has 2 heteroatoms. The van der Waals surface area contributed by atoms with Crippen LogP contribution in [0.15, 0.2) is 36.4 Å². The van der Waals surface area contributed by atoms with Gasteiger partial charge in [-0.2, -0.15) is 0 Å². The van der Waals surface area contributed by atoms with Gasteiger partial charge in [-0.15, -0.1) is 0 Å². The Bertz CT molecular complexity index is 414. The average Bonchev–Trinajstić information content (AvgIpc) is 2.36. The van der Waals surface area contributed by atoms with Crippen LogP contribution in [0.25, 0.3) is 6.08 Å². The number of hydrogen-bond acceptors (Lipinski definition) is 1. The molecule has 0 N–H and O–H groups in total. The summed E-state index contributed by atoms with van der Waals surface area (Å²) in [6.45, 7) is 6.22. The zero-order valence-corrected chi connectivity index (χ0v) is 11.2. The molecule has 0 radical (unpaired) electrons. The molecule has 0 bridgehead atoms. The Morgan fingerprint density at radius 3 is 2.39 bits per heavy atom. The van der Waals surface area contributed by atoms with Crippen molar-refractivity contribution in [3.8, 4) is 0 Å². The van der Waals surface area contributed by atoms with Gasteiger partial charge in [0.25, 0.3) is 0 Å². The molecule has 1 aliphatic rings. The fourth-order valence-electron chi connectivity index (χ4n) is 2.68. The summed E-state index contributed by atoms with van der Waals surface area (Å²) in [5, 5.41) is 0. The molecule has 18 heavy (non-hydrogen) atoms. The van der Waals surface area contributed by atoms with E-state index in [0.29, 0.717) is 11.8 Å². The average molecular weight is 243 g/mol. The lowest BCUT2D eigenvalue weighted by atomic mass is 9.92. The van der Waals surface area contributed by atoms with Gasteiger partial charge in [0.1, 0.15) is 0 Å². The molecule has 2 nitrogen and oxygen atoms in total. The molecule has 1 aliphatic heterocycles. The summed E-state index contributed by atoms with van der Waals surface area (Å²) in [5.41, 5.74) is 1.07. The molecule has 0 aliphatic carbocycles. The molecular formula is C16H21NO. The van der Waals surface area contributed by atoms with E-state index in [9.17, 15) is 4.79 Å². The van der Waals surface area contributed by atoms with Gasteiger partial charge in [0.2, 0.25) is 5.91 Å². The summed E-state index contributed by atoms with van der Waals surface area (Å²) in [7, 11) is 0. The van der Waals surface area contributed by atoms with Gasteiger partial charge < -0.3 is 4.90 Å². The van der Waals surface area contributed by atoms with Crippen molar-refractivity contribution in [2.75, 3.05) is 13.1 Å². The minimum atomic E-state index is 0.136. The highest BCUT2D eigenvalue weighted by Gasteiger charge is 2.23. The molecule has 0 spiro atoms. The highest BCUT2D eigenvalue weighted by Crippen LogP contribution is 2.21. The fraction of sp³-hybridized carbons (Fsp3) is 0.438. The maximum Gasteiger partial charge on any atom is 0.246 e. The first-order valence-electron chi connectivity index (χ1n) is 6.67. The van der Waals surface area contributed by atoms with Gasteiger partial charge in [-0.3, -0.25) is 4.79 Å². The molecule has 96 valence electrons. The van der Waals surface area contributed by atoms with Crippen LogP contribution in [0.3, 0.4) is 0 Å². The number of piperidine rings is 1. The number of hydrogen-bond donors (Lipinski definition) is 0. The van der Waals surface area contributed by atoms with Gasteiger partial charge in [-0.25, -0.2) is 0 Å². The van der Waals surface area contributed by atoms with E-state index in [1.165, 1.54) is 6.42 Å². The first kappa shape index (κ1) is 12.9. The van der Waals surface area contributed by atoms with E-state index < -0.39 is 0 Å². The van der Waals surface area contributed by atoms with Crippen molar-refractivity contribution in [3.63, 3.8) is 0 Å². The molecular weight excluding hydrogens is 222 g/mol. The van der Waals surface area contributed by atoms with Gasteiger partial charge in [-0.1, -0.05) is 44.2 Å². The smallest absolute Gasteiger partial charge is 0.246 e. The van der Waals surface area contributed by atoms with Gasteiger partial charge in [-0.05, 0) is 29.9 Å². The van der Waals surface area contributed by atoms with Crippen LogP contribution < -0.4 is 0 Å². The normalized spacial score (nSPS) is 24.4. The summed E-state index contributed by atoms with van der Waals surface area (Å²) in [4.78, 5) is 14.1. The zero-order chi connectivity index (χ0) is 13.0. The topological polar surface area (TPSA) is 20.3 Å². The van der Waals surface area contributed by atoms with Crippen molar-refractivity contribution in [1.82, 2.24) is 4.90 Å². The lowest BCUT2D eigenvalue weighted by Gasteiger charge is -2.34. The second-order valence-electron chi connectivity index (χ2n) is 5.43. The van der Waals surface area contributed by atoms with Crippen LogP contribution in [0, 0.1) is 11.8 Å². The number of likely N-dealkylation sites (tertiary alicyclic amines) is 1. The minimum absolute atomic E-state index is 0.136. The number of carbonyl (C=O) groups is 1. The van der Waals surface area contributed by atoms with Crippen LogP contribution in [-0.4, -0.2) is 23.9 Å². The first-order chi connectivity index (χ1) is 8.65. The lowest BCUT2D eigenvalue weighted by molar-refractivity contribution is -0.128. The van der Waals surface area contributed by atoms with Crippen LogP contribution in [0.1, 0.15) is 25.8 Å². The number of amides is 1. The van der Waals surface area contributed by atoms with Crippen molar-refractivity contribution in [2.45, 2.75) is 20.3 Å². The molecule has 2 rings (SSSR count). The molecule has 2 atom stereocenters. The van der Waals surface area contributed by atoms with Crippen LogP contribution in [0.2, 0.25) is 0 Å². The van der Waals surface area contributed by atoms with Crippen molar-refractivity contribution >= 4 is 12.0 Å². The first-order valence-corrected chi connectivity index (χ1v) is 6.67. The van der Waals surface area contributed by atoms with Crippen LogP contribution in [0.5, 0.6) is 0 Å². The van der Waals surface area contributed by atoms with Crippen molar-refractivity contribution < 1.29 is 4.79 Å². The third kappa shape index (κ3) is 3.46. The Morgan fingerprint density at radius 2 is 1.78 bits per heavy atom. The van der Waals surface area contributed by atoms with Crippen molar-refractivity contribution in [3.05, 3.63) is 42.0 Å². The minimum Gasteiger partial charge on any atom is -0.339 e. The van der Waals surface area contributed by atoms with E-state index in [1.54, 1.807) is 6.08 Å². The second-order valence-corrected chi connectivity index (χ2v) is 5.43. The quantitative estimate of drug-likeness (QED) is 0.730. The van der Waals surface area contributed by atoms with E-state index >= 15 is 0 Å². The Kier molecular flexibility index (Phi) is 4.19. The predicted octanol–water partition coefficient (Wildman–Crippen LogP) is 3.20. The monoisotopic (exact) mass is 243 g/mol. The molecule has 1 saturated heterocycles. The number of nitrogens with zero attached hydrogens (tertiary/aromatic N) is 1. The van der Waals surface area contributed by atoms with Gasteiger partial charge in [0.15, 0.2) is 0 Å². The standard InChI is InChI=1S/C16H21NO/c1-13-10-14(2)12-17(11-13)16(18)9-8-15-6-4-3-5-7-15/h3-9,13-14H,10-12H2,1-2H3/b9-8+. The summed E-state index contributed by atoms with van der Waals surface area (Å²) >= 11 is 0. The molecule has 1 aromatic carbocycles. The van der Waals surface area contributed by atoms with E-state index in [2.05, 4.69) is 13.8 Å². The molecule has 1 amide bonds. The van der Waals surface area contributed by atoms with Crippen LogP contribution in [0.4, 0.5) is 0 Å². The largest absolute Gasteiger partial charge is 0.339 e. The third-order valence-electron chi connectivity index (χ3n) is 3.40. The highest BCUT2D eigenvalue weighted by molar-refractivity contribution is 5.91. The maximum absolute atomic E-state index is 12.1. The lowest BCUT2D eigenvalue weighted by Crippen LogP contribution is -2.41. The molecule has 1 aromatic rings. The summed E-state index contributed by atoms with van der Waals surface area (Å²) in [6, 6.07) is 9.95. The number of rotatable bonds is 2. The predicted molar refractivity (Wildman–Crippen MR) is 75.0 cm³/mol. The Morgan fingerprint density at radius 1 is 1.17 bits per heavy atom. The van der Waals surface area contributed by atoms with Crippen molar-refractivity contribution in [1.29, 1.82) is 0 Å². The molecule has 0 saturated carbocycles. The summed E-state index contributed by atoms with van der Waals surface area (Å²) in [5.74, 6) is 1.36. The van der Waals surface area contributed by atoms with E-state index in [0.717, 1.165) is 18.7 Å². The van der Waals surface area contributed by atoms with Crippen LogP contribution in [-0.2, 0) is 4.79 Å². The Hall–Kier alpha value is -1.57. The summed E-state index contributed by atoms with van der Waals surface area (Å²) in [6.07, 6.45) is 4.82. The van der Waals surface area contributed by atoms with E-state index in [1.807, 2.05) is 41.3 Å². The molecule has 1 fully saturated rings. The third-order valence-corrected chi connectivity index (χ3v) is 3.40. The zero-order valence-electron chi connectivity index (χ0n) is 11.2. The van der Waals surface area contributed by atoms with Gasteiger partial charge in [0, 0.05) is 19.2 Å². The highest BCUT2D eigenvalue weighted by atomic mass is 16.2. The van der Waals surface area contributed by atoms with Crippen LogP contribution >= 0.6 is 0 Å². The summed E-state index contributed by atoms with van der Waals surface area (Å²) < 4.78 is 0. The van der Waals surface area contributed by atoms with E-state index in [4.69, 9.17) is 0 Å². The molecule has 2 unspecified atom stereocenters. The number of carbonyl (C=O) groups excluding carboxylic acids is 1. The molecule has 1 heterocycles. The van der Waals surface area contributed by atoms with Gasteiger partial charge >= 0.3 is 0 Å². The van der Waals surface area contributed by atoms with E-state index in [-0.39, 0.29) is 5.91 Å². The second kappa shape index (κ2) is 5.85. The number of benzene rings is 1. The Balaban J connectivity index is 1.97. The van der Waals surface area contributed by atoms with Gasteiger partial charge in [0.05, 0.1) is 0 Å². The fourth-order valence-corrected chi connectivity index (χ4v) is 2.68. The van der Waals surface area contributed by atoms with Crippen molar-refractivity contribution in [2.24, 2.45) is 11.8 Å². The molecule has 0 aromatic heterocycles. The maximum atomic E-state index is 12.1. The SMILES string of the molecule is CC1CC(C)CN(C(=O)/C=C/c2ccccc2)C1.